The molecule has 4 aliphatic heterocycles. The molecule has 0 atom stereocenters. The van der Waals surface area contributed by atoms with Crippen LogP contribution in [0.4, 0.5) is 0 Å². The highest BCUT2D eigenvalue weighted by Crippen LogP contribution is 2.71. The molecular weight excluding hydrogens is 709 g/mol. The van der Waals surface area contributed by atoms with Gasteiger partial charge in [0, 0.05) is 0 Å². The van der Waals surface area contributed by atoms with E-state index in [0.717, 1.165) is 9.81 Å². The second kappa shape index (κ2) is 18.7. The fourth-order valence-electron chi connectivity index (χ4n) is 3.76. The number of hydrogen-bond donors (Lipinski definition) is 0. The fourth-order valence-corrected chi connectivity index (χ4v) is 18.8. The Kier molecular flexibility index (Phi) is 15.8. The molecule has 4 heterocycles. The van der Waals surface area contributed by atoms with E-state index >= 15 is 0 Å². The molecule has 12 heteroatoms. The van der Waals surface area contributed by atoms with Crippen LogP contribution in [0, 0.1) is 22.7 Å². The largest absolute Gasteiger partial charge is 0.192 e. The molecule has 4 rings (SSSR count). The number of nitriles is 2. The van der Waals surface area contributed by atoms with Crippen molar-refractivity contribution in [3.63, 3.8) is 0 Å². The van der Waals surface area contributed by atoms with Crippen LogP contribution in [-0.4, -0.2) is 11.5 Å². The van der Waals surface area contributed by atoms with Crippen molar-refractivity contribution in [3.8, 4) is 12.1 Å². The first kappa shape index (κ1) is 35.5. The Bertz CT molecular complexity index is 1270. The minimum atomic E-state index is 0.142. The maximum Gasteiger partial charge on any atom is 0.130 e. The second-order valence-corrected chi connectivity index (χ2v) is 22.4. The van der Waals surface area contributed by atoms with Gasteiger partial charge in [-0.1, -0.05) is 146 Å². The van der Waals surface area contributed by atoms with Gasteiger partial charge in [-0.25, -0.2) is 0 Å². The number of hydrogen-bond acceptors (Lipinski definition) is 12. The Balaban J connectivity index is 1.41. The molecule has 42 heavy (non-hydrogen) atoms. The average Bonchev–Trinajstić information content (AvgIpc) is 3.74. The fraction of sp³-hybridized carbons (Fsp3) is 0.467. The molecule has 0 radical (unpaired) electrons. The van der Waals surface area contributed by atoms with Crippen LogP contribution in [-0.2, 0) is 0 Å². The van der Waals surface area contributed by atoms with Gasteiger partial charge in [-0.2, -0.15) is 10.5 Å². The first-order valence-electron chi connectivity index (χ1n) is 14.0. The highest BCUT2D eigenvalue weighted by molar-refractivity contribution is 8.49. The van der Waals surface area contributed by atoms with E-state index in [-0.39, 0.29) is 5.57 Å². The maximum absolute atomic E-state index is 9.40. The highest BCUT2D eigenvalue weighted by atomic mass is 32.3. The van der Waals surface area contributed by atoms with Crippen LogP contribution in [0.15, 0.2) is 67.0 Å². The minimum Gasteiger partial charge on any atom is -0.192 e. The van der Waals surface area contributed by atoms with Gasteiger partial charge in [0.05, 0.1) is 33.9 Å². The maximum atomic E-state index is 9.40. The SMILES string of the molecule is CCCCCCSC1=C(SCCCCCC)SC(=C2SC3=C(SC(=CC(C=C(C#N)C#N)=C4SC(C)=C(C)S4)S3)S2)S1. The van der Waals surface area contributed by atoms with Gasteiger partial charge in [-0.3, -0.25) is 0 Å². The molecule has 0 saturated carbocycles. The van der Waals surface area contributed by atoms with Crippen LogP contribution in [0.5, 0.6) is 0 Å². The molecule has 0 aromatic rings. The lowest BCUT2D eigenvalue weighted by Crippen LogP contribution is -1.83. The molecule has 0 fully saturated rings. The van der Waals surface area contributed by atoms with Crippen molar-refractivity contribution in [1.82, 2.24) is 0 Å². The van der Waals surface area contributed by atoms with Crippen LogP contribution < -0.4 is 0 Å². The number of allylic oxidation sites excluding steroid dienone is 6. The van der Waals surface area contributed by atoms with Crippen molar-refractivity contribution in [1.29, 1.82) is 10.5 Å². The van der Waals surface area contributed by atoms with Gasteiger partial charge in [0.1, 0.15) is 17.7 Å². The lowest BCUT2D eigenvalue weighted by Gasteiger charge is -2.07. The summed E-state index contributed by atoms with van der Waals surface area (Å²) in [6.07, 6.45) is 14.4. The van der Waals surface area contributed by atoms with Crippen molar-refractivity contribution >= 4 is 118 Å². The molecule has 0 unspecified atom stereocenters. The van der Waals surface area contributed by atoms with Crippen molar-refractivity contribution in [2.45, 2.75) is 79.1 Å². The molecule has 0 spiro atoms. The van der Waals surface area contributed by atoms with E-state index in [1.165, 1.54) is 102 Å². The average molecular weight is 743 g/mol. The van der Waals surface area contributed by atoms with E-state index in [1.54, 1.807) is 29.6 Å². The van der Waals surface area contributed by atoms with Crippen LogP contribution >= 0.6 is 118 Å². The Morgan fingerprint density at radius 2 is 1.12 bits per heavy atom. The summed E-state index contributed by atoms with van der Waals surface area (Å²) >= 11 is 19.1. The van der Waals surface area contributed by atoms with E-state index in [2.05, 4.69) is 57.3 Å². The molecule has 0 saturated heterocycles. The quantitative estimate of drug-likeness (QED) is 0.126. The summed E-state index contributed by atoms with van der Waals surface area (Å²) in [6.45, 7) is 8.81. The first-order valence-corrected chi connectivity index (χ1v) is 22.5. The Hall–Kier alpha value is 0.660. The van der Waals surface area contributed by atoms with Crippen molar-refractivity contribution in [2.24, 2.45) is 0 Å². The predicted molar refractivity (Wildman–Crippen MR) is 208 cm³/mol. The molecule has 2 nitrogen and oxygen atoms in total. The summed E-state index contributed by atoms with van der Waals surface area (Å²) in [5, 5.41) is 18.8. The lowest BCUT2D eigenvalue weighted by molar-refractivity contribution is 0.707. The number of rotatable bonds is 14. The Morgan fingerprint density at radius 1 is 0.643 bits per heavy atom. The van der Waals surface area contributed by atoms with Gasteiger partial charge in [-0.05, 0) is 65.7 Å². The Morgan fingerprint density at radius 3 is 1.60 bits per heavy atom. The summed E-state index contributed by atoms with van der Waals surface area (Å²) in [5.74, 6) is 2.44. The summed E-state index contributed by atoms with van der Waals surface area (Å²) in [6, 6.07) is 4.07. The van der Waals surface area contributed by atoms with Crippen molar-refractivity contribution < 1.29 is 0 Å². The zero-order valence-corrected chi connectivity index (χ0v) is 32.4. The van der Waals surface area contributed by atoms with E-state index in [4.69, 9.17) is 0 Å². The third-order valence-corrected chi connectivity index (χ3v) is 20.5. The molecule has 0 aliphatic carbocycles. The van der Waals surface area contributed by atoms with E-state index in [9.17, 15) is 10.5 Å². The van der Waals surface area contributed by atoms with Gasteiger partial charge in [0.25, 0.3) is 0 Å². The standard InChI is InChI=1S/C30H34N2S10/c1-5-7-9-11-13-33-25-26(34-14-12-10-8-6-2)40-29(39-25)30-41-27-28(42-30)38-23(37-27)16-22(15-21(17-31)18-32)24-35-19(3)20(4)36-24/h15-16H,5-14H2,1-4H3. The number of nitrogens with zero attached hydrogens (tertiary/aromatic N) is 2. The minimum absolute atomic E-state index is 0.142. The topological polar surface area (TPSA) is 47.6 Å². The van der Waals surface area contributed by atoms with Crippen LogP contribution in [0.25, 0.3) is 0 Å². The molecule has 0 aromatic heterocycles. The monoisotopic (exact) mass is 742 g/mol. The summed E-state index contributed by atoms with van der Waals surface area (Å²) in [4.78, 5) is 2.56. The normalized spacial score (nSPS) is 18.3. The van der Waals surface area contributed by atoms with E-state index in [1.807, 2.05) is 82.7 Å². The van der Waals surface area contributed by atoms with Gasteiger partial charge in [0.2, 0.25) is 0 Å². The van der Waals surface area contributed by atoms with Gasteiger partial charge in [0.15, 0.2) is 0 Å². The van der Waals surface area contributed by atoms with Crippen molar-refractivity contribution in [3.05, 3.63) is 67.0 Å². The van der Waals surface area contributed by atoms with Crippen LogP contribution in [0.3, 0.4) is 0 Å². The predicted octanol–water partition coefficient (Wildman–Crippen LogP) is 14.2. The summed E-state index contributed by atoms with van der Waals surface area (Å²) < 4.78 is 11.0. The molecule has 0 amide bonds. The summed E-state index contributed by atoms with van der Waals surface area (Å²) in [5.41, 5.74) is 1.10. The van der Waals surface area contributed by atoms with Crippen LogP contribution in [0.1, 0.15) is 79.1 Å². The molecular formula is C30H34N2S10. The van der Waals surface area contributed by atoms with E-state index < -0.39 is 0 Å². The zero-order chi connectivity index (χ0) is 29.9. The summed E-state index contributed by atoms with van der Waals surface area (Å²) in [7, 11) is 0. The van der Waals surface area contributed by atoms with Gasteiger partial charge in [-0.15, -0.1) is 23.5 Å². The molecule has 0 aromatic carbocycles. The van der Waals surface area contributed by atoms with Crippen LogP contribution in [0.2, 0.25) is 0 Å². The smallest absolute Gasteiger partial charge is 0.130 e. The second-order valence-electron chi connectivity index (χ2n) is 9.46. The van der Waals surface area contributed by atoms with Gasteiger partial charge < -0.3 is 0 Å². The highest BCUT2D eigenvalue weighted by Gasteiger charge is 2.35. The Labute approximate surface area is 294 Å². The third kappa shape index (κ3) is 10.3. The van der Waals surface area contributed by atoms with Gasteiger partial charge >= 0.3 is 0 Å². The molecule has 4 aliphatic rings. The number of unbranched alkanes of at least 4 members (excludes halogenated alkanes) is 6. The van der Waals surface area contributed by atoms with Crippen molar-refractivity contribution in [2.75, 3.05) is 11.5 Å². The molecule has 224 valence electrons. The molecule has 0 N–H and O–H groups in total. The lowest BCUT2D eigenvalue weighted by atomic mass is 10.2. The molecule has 0 bridgehead atoms. The van der Waals surface area contributed by atoms with E-state index in [0.29, 0.717) is 0 Å². The number of thioether (sulfide) groups is 10. The first-order chi connectivity index (χ1) is 20.4. The third-order valence-electron chi connectivity index (χ3n) is 6.13. The zero-order valence-electron chi connectivity index (χ0n) is 24.2.